The molecule has 2 aromatic carbocycles. The summed E-state index contributed by atoms with van der Waals surface area (Å²) >= 11 is 0. The fourth-order valence-corrected chi connectivity index (χ4v) is 4.95. The highest BCUT2D eigenvalue weighted by Gasteiger charge is 2.27. The number of fused-ring (bicyclic) bond motifs is 1. The number of ether oxygens (including phenoxy) is 1. The number of anilines is 3. The van der Waals surface area contributed by atoms with Crippen LogP contribution in [0.15, 0.2) is 61.1 Å². The molecule has 0 unspecified atom stereocenters. The smallest absolute Gasteiger partial charge is 0.355 e. The Hall–Kier alpha value is -4.92. The fourth-order valence-electron chi connectivity index (χ4n) is 4.39. The van der Waals surface area contributed by atoms with Gasteiger partial charge in [0.15, 0.2) is 0 Å². The summed E-state index contributed by atoms with van der Waals surface area (Å²) in [5, 5.41) is 8.00. The number of hydrogen-bond acceptors (Lipinski definition) is 9. The zero-order valence-electron chi connectivity index (χ0n) is 22.5. The van der Waals surface area contributed by atoms with Crippen LogP contribution in [0.4, 0.5) is 30.6 Å². The molecule has 5 rings (SSSR count). The summed E-state index contributed by atoms with van der Waals surface area (Å²) in [4.78, 5) is 12.9. The molecule has 42 heavy (non-hydrogen) atoms. The van der Waals surface area contributed by atoms with Gasteiger partial charge in [-0.1, -0.05) is 18.2 Å². The lowest BCUT2D eigenvalue weighted by Gasteiger charge is -2.19. The highest BCUT2D eigenvalue weighted by molar-refractivity contribution is 7.93. The van der Waals surface area contributed by atoms with Gasteiger partial charge in [-0.2, -0.15) is 13.9 Å². The molecule has 0 fully saturated rings. The van der Waals surface area contributed by atoms with Crippen molar-refractivity contribution >= 4 is 38.4 Å². The Morgan fingerprint density at radius 2 is 1.69 bits per heavy atom. The van der Waals surface area contributed by atoms with E-state index in [4.69, 9.17) is 10.5 Å². The van der Waals surface area contributed by atoms with Crippen molar-refractivity contribution in [3.63, 3.8) is 0 Å². The first-order chi connectivity index (χ1) is 20.0. The normalized spacial score (nSPS) is 12.5. The molecule has 0 saturated heterocycles. The summed E-state index contributed by atoms with van der Waals surface area (Å²) in [7, 11) is -1.59. The molecule has 0 amide bonds. The Balaban J connectivity index is 1.63. The molecule has 4 N–H and O–H groups in total. The maximum absolute atomic E-state index is 13.5. The Morgan fingerprint density at radius 1 is 1.00 bits per heavy atom. The number of benzene rings is 2. The minimum Gasteiger partial charge on any atom is -0.484 e. The Morgan fingerprint density at radius 3 is 2.33 bits per heavy atom. The van der Waals surface area contributed by atoms with Gasteiger partial charge in [-0.25, -0.2) is 27.8 Å². The predicted octanol–water partition coefficient (Wildman–Crippen LogP) is 4.96. The molecule has 0 radical (unpaired) electrons. The van der Waals surface area contributed by atoms with Crippen LogP contribution in [-0.4, -0.2) is 46.0 Å². The standard InChI is InChI=1S/C27H25F3N8O3S/c1-14(15-4-7-18(28)8-5-15)41-21-10-16(6-9-20(21)37-42(39,40)26(29)30)23-22-24(38(3)36-23)19(13-33-25(22)31)17-11-34-27(32-2)35-12-17/h4-14,26,37H,1-3H3,(H2,31,33)(H,32,34,35)/t14-/m0/s1. The minimum absolute atomic E-state index is 0.0638. The van der Waals surface area contributed by atoms with Gasteiger partial charge in [0.2, 0.25) is 5.95 Å². The van der Waals surface area contributed by atoms with Crippen LogP contribution in [0.1, 0.15) is 18.6 Å². The molecule has 0 spiro atoms. The summed E-state index contributed by atoms with van der Waals surface area (Å²) in [6, 6.07) is 9.74. The highest BCUT2D eigenvalue weighted by Crippen LogP contribution is 2.40. The third-order valence-corrected chi connectivity index (χ3v) is 7.44. The Kier molecular flexibility index (Phi) is 7.60. The van der Waals surface area contributed by atoms with Crippen LogP contribution in [0.25, 0.3) is 33.3 Å². The molecule has 0 saturated carbocycles. The number of hydrogen-bond donors (Lipinski definition) is 3. The first-order valence-electron chi connectivity index (χ1n) is 12.5. The number of nitrogens with one attached hydrogen (secondary N) is 2. The third-order valence-electron chi connectivity index (χ3n) is 6.46. The molecular weight excluding hydrogens is 573 g/mol. The van der Waals surface area contributed by atoms with Gasteiger partial charge < -0.3 is 15.8 Å². The van der Waals surface area contributed by atoms with Crippen LogP contribution in [0, 0.1) is 5.82 Å². The van der Waals surface area contributed by atoms with Crippen molar-refractivity contribution in [3.8, 4) is 28.1 Å². The SMILES string of the molecule is CNc1ncc(-c2cnc(N)c3c(-c4ccc(NS(=O)(=O)C(F)F)c(O[C@@H](C)c5ccc(F)cc5)c4)nn(C)c23)cn1. The fraction of sp³-hybridized carbons (Fsp3) is 0.185. The first kappa shape index (κ1) is 28.6. The van der Waals surface area contributed by atoms with Crippen molar-refractivity contribution < 1.29 is 26.3 Å². The van der Waals surface area contributed by atoms with Crippen LogP contribution in [0.5, 0.6) is 5.75 Å². The highest BCUT2D eigenvalue weighted by atomic mass is 32.2. The van der Waals surface area contributed by atoms with E-state index in [0.717, 1.165) is 0 Å². The lowest BCUT2D eigenvalue weighted by Crippen LogP contribution is -2.21. The van der Waals surface area contributed by atoms with Gasteiger partial charge in [0.05, 0.1) is 16.6 Å². The van der Waals surface area contributed by atoms with Gasteiger partial charge in [0.1, 0.15) is 29.2 Å². The number of nitrogen functional groups attached to an aromatic ring is 1. The average Bonchev–Trinajstić information content (AvgIpc) is 3.32. The molecule has 3 aromatic heterocycles. The summed E-state index contributed by atoms with van der Waals surface area (Å²) in [6.45, 7) is 1.65. The lowest BCUT2D eigenvalue weighted by atomic mass is 10.0. The van der Waals surface area contributed by atoms with Crippen molar-refractivity contribution in [2.45, 2.75) is 18.8 Å². The molecule has 1 atom stereocenters. The van der Waals surface area contributed by atoms with Gasteiger partial charge in [0, 0.05) is 49.4 Å². The molecule has 0 aliphatic rings. The minimum atomic E-state index is -5.01. The Bertz CT molecular complexity index is 1870. The number of halogens is 3. The number of rotatable bonds is 9. The summed E-state index contributed by atoms with van der Waals surface area (Å²) < 4.78 is 73.4. The quantitative estimate of drug-likeness (QED) is 0.214. The summed E-state index contributed by atoms with van der Waals surface area (Å²) in [5.74, 6) is -3.57. The second kappa shape index (κ2) is 11.2. The second-order valence-electron chi connectivity index (χ2n) is 9.23. The zero-order valence-corrected chi connectivity index (χ0v) is 23.3. The van der Waals surface area contributed by atoms with E-state index >= 15 is 0 Å². The van der Waals surface area contributed by atoms with Gasteiger partial charge in [-0.15, -0.1) is 0 Å². The van der Waals surface area contributed by atoms with Crippen LogP contribution in [0.2, 0.25) is 0 Å². The molecule has 11 nitrogen and oxygen atoms in total. The van der Waals surface area contributed by atoms with Crippen molar-refractivity contribution in [1.29, 1.82) is 0 Å². The molecule has 3 heterocycles. The van der Waals surface area contributed by atoms with E-state index in [1.54, 1.807) is 44.3 Å². The van der Waals surface area contributed by atoms with E-state index in [1.165, 1.54) is 42.5 Å². The molecular formula is C27H25F3N8O3S. The number of nitrogens with zero attached hydrogens (tertiary/aromatic N) is 5. The van der Waals surface area contributed by atoms with E-state index < -0.39 is 27.7 Å². The Labute approximate surface area is 238 Å². The van der Waals surface area contributed by atoms with Gasteiger partial charge in [-0.05, 0) is 36.8 Å². The van der Waals surface area contributed by atoms with Crippen molar-refractivity contribution in [2.75, 3.05) is 22.8 Å². The molecule has 0 aliphatic heterocycles. The van der Waals surface area contributed by atoms with Gasteiger partial charge >= 0.3 is 5.76 Å². The van der Waals surface area contributed by atoms with Gasteiger partial charge in [-0.3, -0.25) is 9.40 Å². The van der Waals surface area contributed by atoms with E-state index in [-0.39, 0.29) is 17.3 Å². The van der Waals surface area contributed by atoms with E-state index in [2.05, 4.69) is 25.4 Å². The van der Waals surface area contributed by atoms with Crippen molar-refractivity contribution in [2.24, 2.45) is 7.05 Å². The molecule has 0 bridgehead atoms. The first-order valence-corrected chi connectivity index (χ1v) is 14.0. The van der Waals surface area contributed by atoms with E-state index in [0.29, 0.717) is 44.8 Å². The maximum atomic E-state index is 13.5. The molecule has 218 valence electrons. The third kappa shape index (κ3) is 5.50. The van der Waals surface area contributed by atoms with Crippen molar-refractivity contribution in [1.82, 2.24) is 24.7 Å². The number of alkyl halides is 2. The van der Waals surface area contributed by atoms with E-state index in [9.17, 15) is 21.6 Å². The number of aryl methyl sites for hydroxylation is 1. The molecule has 5 aromatic rings. The predicted molar refractivity (Wildman–Crippen MR) is 153 cm³/mol. The number of sulfonamides is 1. The largest absolute Gasteiger partial charge is 0.484 e. The zero-order chi connectivity index (χ0) is 30.2. The summed E-state index contributed by atoms with van der Waals surface area (Å²) in [5.41, 5.74) is 9.43. The monoisotopic (exact) mass is 598 g/mol. The second-order valence-corrected chi connectivity index (χ2v) is 10.9. The number of aromatic nitrogens is 5. The molecule has 15 heteroatoms. The maximum Gasteiger partial charge on any atom is 0.355 e. The van der Waals surface area contributed by atoms with Crippen molar-refractivity contribution in [3.05, 3.63) is 72.4 Å². The lowest BCUT2D eigenvalue weighted by molar-refractivity contribution is 0.228. The summed E-state index contributed by atoms with van der Waals surface area (Å²) in [6.07, 6.45) is 4.13. The van der Waals surface area contributed by atoms with E-state index in [1.807, 2.05) is 4.72 Å². The van der Waals surface area contributed by atoms with Crippen LogP contribution in [-0.2, 0) is 17.1 Å². The van der Waals surface area contributed by atoms with Crippen LogP contribution < -0.4 is 20.5 Å². The molecule has 0 aliphatic carbocycles. The topological polar surface area (TPSA) is 150 Å². The van der Waals surface area contributed by atoms with Crippen LogP contribution >= 0.6 is 0 Å². The van der Waals surface area contributed by atoms with Gasteiger partial charge in [0.25, 0.3) is 10.0 Å². The van der Waals surface area contributed by atoms with Crippen LogP contribution in [0.3, 0.4) is 0 Å². The average molecular weight is 599 g/mol. The number of pyridine rings is 1. The number of nitrogens with two attached hydrogens (primary N) is 1.